The number of nitrogens with zero attached hydrogens (tertiary/aromatic N) is 1. The van der Waals surface area contributed by atoms with Gasteiger partial charge in [0.2, 0.25) is 23.6 Å². The molecule has 0 bridgehead atoms. The standard InChI is InChI=1S/C24H35N5O4/c1-15(2)20(27-18-10-6-12-26-21(18)30)23(32)28-22(31)19-11-7-13-29(19)24(33)17(25)14-16-8-4-3-5-9-16/h3-5,8-9,15,17-20,27H,6-7,10-14,25H2,1-2H3,(H,26,30)(H,28,31,32)/t17-,18?,19+,20+/m1/s1. The van der Waals surface area contributed by atoms with Crippen molar-refractivity contribution in [1.29, 1.82) is 0 Å². The fraction of sp³-hybridized carbons (Fsp3) is 0.583. The highest BCUT2D eigenvalue weighted by molar-refractivity contribution is 6.02. The summed E-state index contributed by atoms with van der Waals surface area (Å²) in [5, 5.41) is 8.37. The van der Waals surface area contributed by atoms with E-state index in [4.69, 9.17) is 5.73 Å². The number of piperidine rings is 1. The smallest absolute Gasteiger partial charge is 0.249 e. The third-order valence-electron chi connectivity index (χ3n) is 6.32. The number of carbonyl (C=O) groups is 4. The molecule has 9 nitrogen and oxygen atoms in total. The average Bonchev–Trinajstić information content (AvgIpc) is 3.28. The minimum Gasteiger partial charge on any atom is -0.355 e. The highest BCUT2D eigenvalue weighted by Gasteiger charge is 2.38. The Morgan fingerprint density at radius 3 is 2.55 bits per heavy atom. The largest absolute Gasteiger partial charge is 0.355 e. The zero-order valence-corrected chi connectivity index (χ0v) is 19.4. The Kier molecular flexibility index (Phi) is 8.57. The maximum absolute atomic E-state index is 13.0. The molecule has 1 aromatic carbocycles. The normalized spacial score (nSPS) is 22.5. The van der Waals surface area contributed by atoms with E-state index < -0.39 is 36.0 Å². The van der Waals surface area contributed by atoms with Crippen LogP contribution in [0.5, 0.6) is 0 Å². The van der Waals surface area contributed by atoms with E-state index in [0.29, 0.717) is 38.8 Å². The molecular formula is C24H35N5O4. The van der Waals surface area contributed by atoms with Gasteiger partial charge < -0.3 is 16.0 Å². The molecule has 1 aromatic rings. The van der Waals surface area contributed by atoms with E-state index >= 15 is 0 Å². The molecular weight excluding hydrogens is 422 g/mol. The van der Waals surface area contributed by atoms with Crippen molar-refractivity contribution in [2.45, 2.75) is 70.1 Å². The van der Waals surface area contributed by atoms with Crippen molar-refractivity contribution in [3.63, 3.8) is 0 Å². The Bertz CT molecular complexity index is 860. The van der Waals surface area contributed by atoms with Crippen molar-refractivity contribution < 1.29 is 19.2 Å². The molecule has 3 rings (SSSR count). The van der Waals surface area contributed by atoms with Gasteiger partial charge in [0.05, 0.1) is 18.1 Å². The third-order valence-corrected chi connectivity index (χ3v) is 6.32. The summed E-state index contributed by atoms with van der Waals surface area (Å²) in [6, 6.07) is 6.84. The first kappa shape index (κ1) is 24.9. The molecule has 33 heavy (non-hydrogen) atoms. The van der Waals surface area contributed by atoms with Gasteiger partial charge in [-0.25, -0.2) is 0 Å². The number of nitrogens with one attached hydrogen (secondary N) is 3. The molecule has 4 atom stereocenters. The van der Waals surface area contributed by atoms with Crippen LogP contribution in [0.1, 0.15) is 45.1 Å². The predicted molar refractivity (Wildman–Crippen MR) is 124 cm³/mol. The molecule has 0 spiro atoms. The van der Waals surface area contributed by atoms with Gasteiger partial charge in [-0.2, -0.15) is 0 Å². The number of likely N-dealkylation sites (tertiary alicyclic amines) is 1. The predicted octanol–water partition coefficient (Wildman–Crippen LogP) is 0.0830. The number of imide groups is 1. The van der Waals surface area contributed by atoms with Crippen LogP contribution in [-0.2, 0) is 25.6 Å². The zero-order valence-electron chi connectivity index (χ0n) is 19.4. The van der Waals surface area contributed by atoms with Crippen molar-refractivity contribution in [1.82, 2.24) is 20.9 Å². The molecule has 0 aromatic heterocycles. The van der Waals surface area contributed by atoms with Gasteiger partial charge in [-0.05, 0) is 43.6 Å². The Labute approximate surface area is 194 Å². The minimum absolute atomic E-state index is 0.131. The molecule has 0 radical (unpaired) electrons. The summed E-state index contributed by atoms with van der Waals surface area (Å²) in [7, 11) is 0. The summed E-state index contributed by atoms with van der Waals surface area (Å²) in [6.07, 6.45) is 3.00. The van der Waals surface area contributed by atoms with Crippen LogP contribution in [0.4, 0.5) is 0 Å². The maximum atomic E-state index is 13.0. The van der Waals surface area contributed by atoms with Gasteiger partial charge in [-0.1, -0.05) is 44.2 Å². The summed E-state index contributed by atoms with van der Waals surface area (Å²) >= 11 is 0. The summed E-state index contributed by atoms with van der Waals surface area (Å²) < 4.78 is 0. The minimum atomic E-state index is -0.758. The Hall–Kier alpha value is -2.78. The fourth-order valence-electron chi connectivity index (χ4n) is 4.47. The lowest BCUT2D eigenvalue weighted by Gasteiger charge is -2.30. The van der Waals surface area contributed by atoms with Crippen LogP contribution >= 0.6 is 0 Å². The lowest BCUT2D eigenvalue weighted by atomic mass is 9.99. The summed E-state index contributed by atoms with van der Waals surface area (Å²) in [6.45, 7) is 4.78. The molecule has 9 heteroatoms. The van der Waals surface area contributed by atoms with Crippen molar-refractivity contribution in [3.05, 3.63) is 35.9 Å². The van der Waals surface area contributed by atoms with Gasteiger partial charge in [0.25, 0.3) is 0 Å². The first-order valence-electron chi connectivity index (χ1n) is 11.8. The highest BCUT2D eigenvalue weighted by atomic mass is 16.2. The average molecular weight is 458 g/mol. The van der Waals surface area contributed by atoms with Crippen LogP contribution in [0.15, 0.2) is 30.3 Å². The topological polar surface area (TPSA) is 134 Å². The number of carbonyl (C=O) groups excluding carboxylic acids is 4. The molecule has 2 aliphatic rings. The first-order valence-corrected chi connectivity index (χ1v) is 11.8. The van der Waals surface area contributed by atoms with Crippen LogP contribution in [-0.4, -0.2) is 65.8 Å². The second-order valence-electron chi connectivity index (χ2n) is 9.21. The molecule has 4 amide bonds. The van der Waals surface area contributed by atoms with E-state index in [1.54, 1.807) is 0 Å². The lowest BCUT2D eigenvalue weighted by molar-refractivity contribution is -0.142. The maximum Gasteiger partial charge on any atom is 0.249 e. The lowest BCUT2D eigenvalue weighted by Crippen LogP contribution is -2.59. The second-order valence-corrected chi connectivity index (χ2v) is 9.21. The molecule has 2 aliphatic heterocycles. The van der Waals surface area contributed by atoms with E-state index in [2.05, 4.69) is 16.0 Å². The van der Waals surface area contributed by atoms with Crippen molar-refractivity contribution in [2.24, 2.45) is 11.7 Å². The number of amides is 4. The highest BCUT2D eigenvalue weighted by Crippen LogP contribution is 2.19. The van der Waals surface area contributed by atoms with Crippen LogP contribution in [0.3, 0.4) is 0 Å². The van der Waals surface area contributed by atoms with E-state index in [1.165, 1.54) is 4.90 Å². The number of benzene rings is 1. The summed E-state index contributed by atoms with van der Waals surface area (Å²) in [4.78, 5) is 52.4. The fourth-order valence-corrected chi connectivity index (χ4v) is 4.47. The quantitative estimate of drug-likeness (QED) is 0.437. The zero-order chi connectivity index (χ0) is 24.0. The van der Waals surface area contributed by atoms with Crippen molar-refractivity contribution in [2.75, 3.05) is 13.1 Å². The van der Waals surface area contributed by atoms with E-state index in [-0.39, 0.29) is 17.7 Å². The van der Waals surface area contributed by atoms with Crippen LogP contribution < -0.4 is 21.7 Å². The molecule has 5 N–H and O–H groups in total. The van der Waals surface area contributed by atoms with Crippen molar-refractivity contribution >= 4 is 23.6 Å². The van der Waals surface area contributed by atoms with E-state index in [9.17, 15) is 19.2 Å². The summed E-state index contributed by atoms with van der Waals surface area (Å²) in [5.41, 5.74) is 7.11. The van der Waals surface area contributed by atoms with Gasteiger partial charge in [0, 0.05) is 13.1 Å². The Morgan fingerprint density at radius 1 is 1.15 bits per heavy atom. The molecule has 2 heterocycles. The van der Waals surface area contributed by atoms with E-state index in [1.807, 2.05) is 44.2 Å². The van der Waals surface area contributed by atoms with Crippen LogP contribution in [0.25, 0.3) is 0 Å². The van der Waals surface area contributed by atoms with Gasteiger partial charge in [0.1, 0.15) is 6.04 Å². The SMILES string of the molecule is CC(C)[C@H](NC1CCCNC1=O)C(=O)NC(=O)[C@@H]1CCCN1C(=O)[C@H](N)Cc1ccccc1. The molecule has 2 saturated heterocycles. The molecule has 180 valence electrons. The molecule has 1 unspecified atom stereocenters. The Morgan fingerprint density at radius 2 is 1.88 bits per heavy atom. The molecule has 0 saturated carbocycles. The number of rotatable bonds is 8. The number of nitrogens with two attached hydrogens (primary N) is 1. The van der Waals surface area contributed by atoms with E-state index in [0.717, 1.165) is 12.0 Å². The molecule has 2 fully saturated rings. The van der Waals surface area contributed by atoms with Crippen LogP contribution in [0.2, 0.25) is 0 Å². The second kappa shape index (κ2) is 11.4. The van der Waals surface area contributed by atoms with Crippen molar-refractivity contribution in [3.8, 4) is 0 Å². The van der Waals surface area contributed by atoms with Crippen LogP contribution in [0, 0.1) is 5.92 Å². The third kappa shape index (κ3) is 6.39. The monoisotopic (exact) mass is 457 g/mol. The Balaban J connectivity index is 1.60. The number of hydrogen-bond acceptors (Lipinski definition) is 6. The van der Waals surface area contributed by atoms with Gasteiger partial charge >= 0.3 is 0 Å². The van der Waals surface area contributed by atoms with Gasteiger partial charge in [-0.3, -0.25) is 29.8 Å². The van der Waals surface area contributed by atoms with Gasteiger partial charge in [0.15, 0.2) is 0 Å². The molecule has 0 aliphatic carbocycles. The summed E-state index contributed by atoms with van der Waals surface area (Å²) in [5.74, 6) is -1.54. The number of hydrogen-bond donors (Lipinski definition) is 4. The first-order chi connectivity index (χ1) is 15.8. The van der Waals surface area contributed by atoms with Gasteiger partial charge in [-0.15, -0.1) is 0 Å².